The molecule has 1 nitrogen and oxygen atoms in total. The summed E-state index contributed by atoms with van der Waals surface area (Å²) in [6.07, 6.45) is 6.26. The second-order valence-corrected chi connectivity index (χ2v) is 8.47. The van der Waals surface area contributed by atoms with E-state index in [4.69, 9.17) is 0 Å². The molecule has 2 unspecified atom stereocenters. The number of allylic oxidation sites excluding steroid dienone is 4. The zero-order valence-corrected chi connectivity index (χ0v) is 14.3. The molecular formula is C18H22OSe. The molecule has 0 spiro atoms. The van der Waals surface area contributed by atoms with Gasteiger partial charge in [0.15, 0.2) is 0 Å². The van der Waals surface area contributed by atoms with Crippen LogP contribution in [0.4, 0.5) is 0 Å². The van der Waals surface area contributed by atoms with E-state index in [2.05, 4.69) is 39.8 Å². The molecule has 1 aromatic rings. The summed E-state index contributed by atoms with van der Waals surface area (Å²) in [7, 11) is 0. The molecule has 2 rings (SSSR count). The van der Waals surface area contributed by atoms with Gasteiger partial charge in [0.25, 0.3) is 0 Å². The van der Waals surface area contributed by atoms with Crippen LogP contribution >= 0.6 is 0 Å². The van der Waals surface area contributed by atoms with Gasteiger partial charge in [0.05, 0.1) is 0 Å². The first-order chi connectivity index (χ1) is 9.41. The van der Waals surface area contributed by atoms with Crippen LogP contribution in [-0.2, 0) is 4.79 Å². The molecule has 0 heterocycles. The van der Waals surface area contributed by atoms with Crippen molar-refractivity contribution < 1.29 is 4.79 Å². The molecule has 0 radical (unpaired) electrons. The van der Waals surface area contributed by atoms with Crippen molar-refractivity contribution in [1.82, 2.24) is 0 Å². The number of rotatable bonds is 5. The van der Waals surface area contributed by atoms with E-state index in [9.17, 15) is 4.79 Å². The Morgan fingerprint density at radius 3 is 2.40 bits per heavy atom. The van der Waals surface area contributed by atoms with Crippen LogP contribution in [0, 0.1) is 17.3 Å². The van der Waals surface area contributed by atoms with Crippen molar-refractivity contribution in [3.8, 4) is 0 Å². The summed E-state index contributed by atoms with van der Waals surface area (Å²) >= 11 is -0.0944. The Bertz CT molecular complexity index is 536. The molecule has 2 heteroatoms. The van der Waals surface area contributed by atoms with E-state index in [0.29, 0.717) is 17.3 Å². The van der Waals surface area contributed by atoms with Crippen molar-refractivity contribution in [2.24, 2.45) is 17.3 Å². The van der Waals surface area contributed by atoms with Gasteiger partial charge >= 0.3 is 128 Å². The summed E-state index contributed by atoms with van der Waals surface area (Å²) in [4.78, 5) is 12.0. The van der Waals surface area contributed by atoms with Gasteiger partial charge < -0.3 is 0 Å². The molecule has 1 aromatic carbocycles. The molecule has 1 aliphatic carbocycles. The van der Waals surface area contributed by atoms with Gasteiger partial charge in [0.2, 0.25) is 0 Å². The third kappa shape index (κ3) is 3.71. The van der Waals surface area contributed by atoms with Gasteiger partial charge in [-0.1, -0.05) is 0 Å². The molecule has 20 heavy (non-hydrogen) atoms. The van der Waals surface area contributed by atoms with E-state index < -0.39 is 0 Å². The first-order valence-electron chi connectivity index (χ1n) is 7.01. The molecule has 0 amide bonds. The summed E-state index contributed by atoms with van der Waals surface area (Å²) in [5, 5.41) is 0. The molecular weight excluding hydrogens is 311 g/mol. The Morgan fingerprint density at radius 2 is 1.80 bits per heavy atom. The van der Waals surface area contributed by atoms with Crippen LogP contribution in [0.3, 0.4) is 0 Å². The summed E-state index contributed by atoms with van der Waals surface area (Å²) in [5.74, 6) is 1.09. The summed E-state index contributed by atoms with van der Waals surface area (Å²) in [6.45, 7) is 8.83. The topological polar surface area (TPSA) is 17.1 Å². The number of carbonyl (C=O) groups is 1. The van der Waals surface area contributed by atoms with E-state index >= 15 is 0 Å². The second kappa shape index (κ2) is 6.11. The zero-order chi connectivity index (χ0) is 14.8. The number of carbonyl (C=O) groups excluding carboxylic acids is 1. The molecule has 0 saturated heterocycles. The van der Waals surface area contributed by atoms with E-state index in [1.165, 1.54) is 5.57 Å². The van der Waals surface area contributed by atoms with Gasteiger partial charge in [0.1, 0.15) is 0 Å². The van der Waals surface area contributed by atoms with Gasteiger partial charge in [-0.3, -0.25) is 0 Å². The van der Waals surface area contributed by atoms with Gasteiger partial charge in [-0.15, -0.1) is 0 Å². The molecule has 1 aliphatic rings. The van der Waals surface area contributed by atoms with Crippen molar-refractivity contribution in [3.05, 3.63) is 54.1 Å². The quantitative estimate of drug-likeness (QED) is 0.459. The number of benzene rings is 1. The van der Waals surface area contributed by atoms with Crippen molar-refractivity contribution in [3.63, 3.8) is 0 Å². The third-order valence-corrected chi connectivity index (χ3v) is 5.68. The average molecular weight is 333 g/mol. The average Bonchev–Trinajstić information content (AvgIpc) is 2.88. The predicted molar refractivity (Wildman–Crippen MR) is 86.2 cm³/mol. The Morgan fingerprint density at radius 1 is 1.15 bits per heavy atom. The molecule has 2 atom stereocenters. The molecule has 0 aliphatic heterocycles. The van der Waals surface area contributed by atoms with Crippen LogP contribution < -0.4 is 4.46 Å². The summed E-state index contributed by atoms with van der Waals surface area (Å²) < 4.78 is 1.40. The van der Waals surface area contributed by atoms with Crippen LogP contribution in [-0.4, -0.2) is 19.6 Å². The first-order valence-corrected chi connectivity index (χ1v) is 8.72. The van der Waals surface area contributed by atoms with Crippen molar-refractivity contribution in [2.75, 3.05) is 0 Å². The number of hydrogen-bond acceptors (Lipinski definition) is 1. The zero-order valence-electron chi connectivity index (χ0n) is 12.6. The maximum atomic E-state index is 12.0. The third-order valence-electron chi connectivity index (χ3n) is 3.91. The first kappa shape index (κ1) is 15.3. The maximum absolute atomic E-state index is 12.0. The minimum atomic E-state index is -0.0944. The van der Waals surface area contributed by atoms with E-state index in [1.54, 1.807) is 6.08 Å². The minimum absolute atomic E-state index is 0.0944. The van der Waals surface area contributed by atoms with Gasteiger partial charge in [-0.05, 0) is 0 Å². The SMILES string of the molecule is CC(C)=CC1C(/C=C/C(=O)[Se]c2ccccc2)C1(C)C. The standard InChI is InChI=1S/C18H22OSe/c1-13(2)12-16-15(18(16,3)4)10-11-17(19)20-14-8-6-5-7-9-14/h5-12,15-16H,1-4H3/b11-10+. The van der Waals surface area contributed by atoms with Crippen LogP contribution in [0.15, 0.2) is 54.1 Å². The summed E-state index contributed by atoms with van der Waals surface area (Å²) in [6, 6.07) is 10.0. The van der Waals surface area contributed by atoms with Crippen LogP contribution in [0.1, 0.15) is 27.7 Å². The molecule has 1 fully saturated rings. The fraction of sp³-hybridized carbons (Fsp3) is 0.389. The Labute approximate surface area is 128 Å². The van der Waals surface area contributed by atoms with Crippen LogP contribution in [0.5, 0.6) is 0 Å². The van der Waals surface area contributed by atoms with Gasteiger partial charge in [-0.2, -0.15) is 0 Å². The molecule has 1 saturated carbocycles. The summed E-state index contributed by atoms with van der Waals surface area (Å²) in [5.41, 5.74) is 1.66. The van der Waals surface area contributed by atoms with E-state index in [0.717, 1.165) is 4.46 Å². The fourth-order valence-electron chi connectivity index (χ4n) is 2.58. The van der Waals surface area contributed by atoms with Crippen molar-refractivity contribution in [2.45, 2.75) is 27.7 Å². The predicted octanol–water partition coefficient (Wildman–Crippen LogP) is 3.34. The van der Waals surface area contributed by atoms with Gasteiger partial charge in [0, 0.05) is 0 Å². The normalized spacial score (nSPS) is 23.6. The van der Waals surface area contributed by atoms with E-state index in [-0.39, 0.29) is 19.6 Å². The molecule has 106 valence electrons. The fourth-order valence-corrected chi connectivity index (χ4v) is 3.99. The Hall–Kier alpha value is -1.11. The van der Waals surface area contributed by atoms with Crippen LogP contribution in [0.25, 0.3) is 0 Å². The van der Waals surface area contributed by atoms with Crippen molar-refractivity contribution in [1.29, 1.82) is 0 Å². The number of hydrogen-bond donors (Lipinski definition) is 0. The second-order valence-electron chi connectivity index (χ2n) is 6.21. The monoisotopic (exact) mass is 334 g/mol. The Balaban J connectivity index is 1.94. The molecule has 0 aromatic heterocycles. The Kier molecular flexibility index (Phi) is 4.67. The molecule has 0 bridgehead atoms. The molecule has 0 N–H and O–H groups in total. The van der Waals surface area contributed by atoms with Crippen LogP contribution in [0.2, 0.25) is 0 Å². The van der Waals surface area contributed by atoms with Crippen molar-refractivity contribution >= 4 is 24.1 Å². The van der Waals surface area contributed by atoms with E-state index in [1.807, 2.05) is 30.3 Å². The van der Waals surface area contributed by atoms with Gasteiger partial charge in [-0.25, -0.2) is 0 Å².